The lowest BCUT2D eigenvalue weighted by atomic mass is 10.00. The summed E-state index contributed by atoms with van der Waals surface area (Å²) in [6.45, 7) is 1.97. The molecule has 2 heterocycles. The maximum atomic E-state index is 5.82. The van der Waals surface area contributed by atoms with Crippen LogP contribution in [0, 0.1) is 0 Å². The Balaban J connectivity index is 2.01. The van der Waals surface area contributed by atoms with E-state index in [0.29, 0.717) is 6.04 Å². The summed E-state index contributed by atoms with van der Waals surface area (Å²) in [5.74, 6) is 0.988. The van der Waals surface area contributed by atoms with Crippen molar-refractivity contribution in [2.24, 2.45) is 0 Å². The molecule has 2 N–H and O–H groups in total. The third-order valence-electron chi connectivity index (χ3n) is 3.35. The largest absolute Gasteiger partial charge is 0.489 e. The van der Waals surface area contributed by atoms with Gasteiger partial charge in [0.2, 0.25) is 0 Å². The molecule has 0 spiro atoms. The van der Waals surface area contributed by atoms with E-state index in [9.17, 15) is 0 Å². The summed E-state index contributed by atoms with van der Waals surface area (Å²) in [4.78, 5) is 2.46. The normalized spacial score (nSPS) is 24.0. The summed E-state index contributed by atoms with van der Waals surface area (Å²) in [6.07, 6.45) is 3.85. The van der Waals surface area contributed by atoms with Crippen LogP contribution in [-0.2, 0) is 0 Å². The zero-order valence-electron chi connectivity index (χ0n) is 8.78. The third-order valence-corrected chi connectivity index (χ3v) is 3.35. The van der Waals surface area contributed by atoms with Gasteiger partial charge in [-0.25, -0.2) is 0 Å². The van der Waals surface area contributed by atoms with Crippen molar-refractivity contribution in [3.05, 3.63) is 18.2 Å². The molecule has 0 aromatic heterocycles. The maximum Gasteiger partial charge on any atom is 0.142 e. The van der Waals surface area contributed by atoms with Crippen molar-refractivity contribution in [1.29, 1.82) is 0 Å². The fourth-order valence-corrected chi connectivity index (χ4v) is 2.56. The fraction of sp³-hybridized carbons (Fsp3) is 0.500. The van der Waals surface area contributed by atoms with Crippen LogP contribution in [0.5, 0.6) is 5.75 Å². The predicted octanol–water partition coefficient (Wildman–Crippen LogP) is 2.02. The van der Waals surface area contributed by atoms with Gasteiger partial charge in [0.15, 0.2) is 0 Å². The van der Waals surface area contributed by atoms with Crippen LogP contribution in [0.1, 0.15) is 19.3 Å². The van der Waals surface area contributed by atoms with Gasteiger partial charge >= 0.3 is 0 Å². The van der Waals surface area contributed by atoms with Crippen molar-refractivity contribution < 1.29 is 4.74 Å². The number of piperidine rings is 1. The lowest BCUT2D eigenvalue weighted by Crippen LogP contribution is -2.46. The lowest BCUT2D eigenvalue weighted by Gasteiger charge is -2.41. The van der Waals surface area contributed by atoms with E-state index in [1.807, 2.05) is 18.2 Å². The SMILES string of the molecule is Nc1ccc2c(c1)N1CCCC[C@H]1CO2. The zero-order valence-corrected chi connectivity index (χ0v) is 8.78. The number of hydrogen-bond acceptors (Lipinski definition) is 3. The molecule has 1 aromatic rings. The van der Waals surface area contributed by atoms with Gasteiger partial charge in [-0.3, -0.25) is 0 Å². The van der Waals surface area contributed by atoms with Gasteiger partial charge in [0, 0.05) is 12.2 Å². The molecule has 0 saturated carbocycles. The summed E-state index contributed by atoms with van der Waals surface area (Å²) >= 11 is 0. The standard InChI is InChI=1S/C12H16N2O/c13-9-4-5-12-11(7-9)14-6-2-1-3-10(14)8-15-12/h4-5,7,10H,1-3,6,8,13H2/t10-/m0/s1. The summed E-state index contributed by atoms with van der Waals surface area (Å²) in [5, 5.41) is 0. The van der Waals surface area contributed by atoms with E-state index in [4.69, 9.17) is 10.5 Å². The highest BCUT2D eigenvalue weighted by Crippen LogP contribution is 2.38. The second kappa shape index (κ2) is 3.33. The average Bonchev–Trinajstić information content (AvgIpc) is 2.29. The van der Waals surface area contributed by atoms with E-state index in [0.717, 1.165) is 24.6 Å². The molecule has 1 saturated heterocycles. The lowest BCUT2D eigenvalue weighted by molar-refractivity contribution is 0.240. The first-order valence-corrected chi connectivity index (χ1v) is 5.63. The number of nitrogens with two attached hydrogens (primary N) is 1. The Morgan fingerprint density at radius 1 is 1.33 bits per heavy atom. The molecule has 0 unspecified atom stereocenters. The van der Waals surface area contributed by atoms with Gasteiger partial charge in [0.25, 0.3) is 0 Å². The molecule has 80 valence electrons. The Morgan fingerprint density at radius 2 is 2.27 bits per heavy atom. The molecule has 3 rings (SSSR count). The van der Waals surface area contributed by atoms with Gasteiger partial charge in [0.1, 0.15) is 12.4 Å². The summed E-state index contributed by atoms with van der Waals surface area (Å²) < 4.78 is 5.75. The smallest absolute Gasteiger partial charge is 0.142 e. The number of hydrogen-bond donors (Lipinski definition) is 1. The van der Waals surface area contributed by atoms with Crippen molar-refractivity contribution in [3.8, 4) is 5.75 Å². The number of nitrogens with zero attached hydrogens (tertiary/aromatic N) is 1. The number of benzene rings is 1. The number of rotatable bonds is 0. The number of anilines is 2. The Bertz CT molecular complexity index is 378. The van der Waals surface area contributed by atoms with Gasteiger partial charge < -0.3 is 15.4 Å². The van der Waals surface area contributed by atoms with Gasteiger partial charge in [-0.1, -0.05) is 0 Å². The first-order valence-electron chi connectivity index (χ1n) is 5.63. The molecule has 1 aromatic carbocycles. The van der Waals surface area contributed by atoms with Crippen LogP contribution in [0.2, 0.25) is 0 Å². The Hall–Kier alpha value is -1.38. The van der Waals surface area contributed by atoms with Gasteiger partial charge in [-0.05, 0) is 37.5 Å². The van der Waals surface area contributed by atoms with Crippen molar-refractivity contribution in [2.75, 3.05) is 23.8 Å². The number of ether oxygens (including phenoxy) is 1. The first kappa shape index (κ1) is 8.89. The minimum atomic E-state index is 0.563. The molecule has 1 fully saturated rings. The fourth-order valence-electron chi connectivity index (χ4n) is 2.56. The molecule has 3 nitrogen and oxygen atoms in total. The van der Waals surface area contributed by atoms with Crippen LogP contribution in [0.3, 0.4) is 0 Å². The van der Waals surface area contributed by atoms with Crippen molar-refractivity contribution in [3.63, 3.8) is 0 Å². The topological polar surface area (TPSA) is 38.5 Å². The minimum absolute atomic E-state index is 0.563. The van der Waals surface area contributed by atoms with Crippen LogP contribution >= 0.6 is 0 Å². The Labute approximate surface area is 89.8 Å². The van der Waals surface area contributed by atoms with Gasteiger partial charge in [-0.15, -0.1) is 0 Å². The highest BCUT2D eigenvalue weighted by Gasteiger charge is 2.29. The van der Waals surface area contributed by atoms with Crippen molar-refractivity contribution >= 4 is 11.4 Å². The van der Waals surface area contributed by atoms with Crippen molar-refractivity contribution in [1.82, 2.24) is 0 Å². The zero-order chi connectivity index (χ0) is 10.3. The van der Waals surface area contributed by atoms with Gasteiger partial charge in [-0.2, -0.15) is 0 Å². The molecule has 0 aliphatic carbocycles. The highest BCUT2D eigenvalue weighted by atomic mass is 16.5. The quantitative estimate of drug-likeness (QED) is 0.657. The first-order chi connectivity index (χ1) is 7.34. The minimum Gasteiger partial charge on any atom is -0.489 e. The summed E-state index contributed by atoms with van der Waals surface area (Å²) in [5.41, 5.74) is 7.83. The van der Waals surface area contributed by atoms with Gasteiger partial charge in [0.05, 0.1) is 11.7 Å². The summed E-state index contributed by atoms with van der Waals surface area (Å²) in [6, 6.07) is 6.49. The van der Waals surface area contributed by atoms with E-state index in [-0.39, 0.29) is 0 Å². The molecular formula is C12H16N2O. The highest BCUT2D eigenvalue weighted by molar-refractivity contribution is 5.66. The van der Waals surface area contributed by atoms with Crippen LogP contribution in [-0.4, -0.2) is 19.2 Å². The second-order valence-corrected chi connectivity index (χ2v) is 4.38. The van der Waals surface area contributed by atoms with E-state index < -0.39 is 0 Å². The molecule has 3 heteroatoms. The van der Waals surface area contributed by atoms with Crippen molar-refractivity contribution in [2.45, 2.75) is 25.3 Å². The Kier molecular flexibility index (Phi) is 1.97. The van der Waals surface area contributed by atoms with E-state index >= 15 is 0 Å². The number of fused-ring (bicyclic) bond motifs is 3. The Morgan fingerprint density at radius 3 is 3.20 bits per heavy atom. The van der Waals surface area contributed by atoms with Crippen LogP contribution in [0.25, 0.3) is 0 Å². The van der Waals surface area contributed by atoms with Crippen LogP contribution in [0.4, 0.5) is 11.4 Å². The average molecular weight is 204 g/mol. The molecule has 0 radical (unpaired) electrons. The monoisotopic (exact) mass is 204 g/mol. The summed E-state index contributed by atoms with van der Waals surface area (Å²) in [7, 11) is 0. The molecule has 2 aliphatic heterocycles. The van der Waals surface area contributed by atoms with E-state index in [2.05, 4.69) is 4.90 Å². The molecule has 0 bridgehead atoms. The third kappa shape index (κ3) is 1.42. The predicted molar refractivity (Wildman–Crippen MR) is 61.3 cm³/mol. The molecule has 2 aliphatic rings. The molecular weight excluding hydrogens is 188 g/mol. The molecule has 0 amide bonds. The van der Waals surface area contributed by atoms with E-state index in [1.54, 1.807) is 0 Å². The molecule has 15 heavy (non-hydrogen) atoms. The van der Waals surface area contributed by atoms with Crippen LogP contribution in [0.15, 0.2) is 18.2 Å². The molecule has 1 atom stereocenters. The number of nitrogen functional groups attached to an aromatic ring is 1. The van der Waals surface area contributed by atoms with Crippen LogP contribution < -0.4 is 15.4 Å². The van der Waals surface area contributed by atoms with E-state index in [1.165, 1.54) is 24.9 Å². The second-order valence-electron chi connectivity index (χ2n) is 4.38. The maximum absolute atomic E-state index is 5.82.